The number of hydrogen-bond donors (Lipinski definition) is 2. The van der Waals surface area contributed by atoms with Gasteiger partial charge in [-0.25, -0.2) is 13.2 Å². The summed E-state index contributed by atoms with van der Waals surface area (Å²) in [5.74, 6) is -3.61. The summed E-state index contributed by atoms with van der Waals surface area (Å²) in [6, 6.07) is 5.55. The summed E-state index contributed by atoms with van der Waals surface area (Å²) >= 11 is 1.80. The van der Waals surface area contributed by atoms with Crippen molar-refractivity contribution in [2.75, 3.05) is 11.1 Å². The van der Waals surface area contributed by atoms with E-state index in [4.69, 9.17) is 5.73 Å². The van der Waals surface area contributed by atoms with Gasteiger partial charge in [-0.3, -0.25) is 4.79 Å². The fourth-order valence-electron chi connectivity index (χ4n) is 1.55. The Bertz CT molecular complexity index is 692. The summed E-state index contributed by atoms with van der Waals surface area (Å²) in [7, 11) is 0. The topological polar surface area (TPSA) is 55.1 Å². The zero-order chi connectivity index (χ0) is 14.9. The lowest BCUT2D eigenvalue weighted by Gasteiger charge is -2.10. The van der Waals surface area contributed by atoms with Gasteiger partial charge in [-0.05, 0) is 52.9 Å². The summed E-state index contributed by atoms with van der Waals surface area (Å²) in [6.07, 6.45) is 0. The van der Waals surface area contributed by atoms with Crippen molar-refractivity contribution in [3.8, 4) is 0 Å². The molecule has 0 saturated carbocycles. The van der Waals surface area contributed by atoms with Crippen LogP contribution in [0.25, 0.3) is 0 Å². The number of carbonyl (C=O) groups is 1. The quantitative estimate of drug-likeness (QED) is 0.607. The number of halogens is 4. The van der Waals surface area contributed by atoms with Crippen molar-refractivity contribution in [3.63, 3.8) is 0 Å². The predicted octanol–water partition coefficient (Wildman–Crippen LogP) is 3.54. The van der Waals surface area contributed by atoms with Crippen molar-refractivity contribution in [2.45, 2.75) is 0 Å². The molecule has 0 aliphatic rings. The third kappa shape index (κ3) is 2.87. The van der Waals surface area contributed by atoms with Crippen LogP contribution in [0.3, 0.4) is 0 Å². The Kier molecular flexibility index (Phi) is 4.17. The van der Waals surface area contributed by atoms with Gasteiger partial charge in [0.2, 0.25) is 0 Å². The molecule has 0 heterocycles. The van der Waals surface area contributed by atoms with Crippen LogP contribution in [0.4, 0.5) is 24.5 Å². The molecule has 20 heavy (non-hydrogen) atoms. The van der Waals surface area contributed by atoms with Gasteiger partial charge in [-0.2, -0.15) is 0 Å². The normalized spacial score (nSPS) is 10.4. The molecule has 104 valence electrons. The van der Waals surface area contributed by atoms with Gasteiger partial charge < -0.3 is 11.1 Å². The summed E-state index contributed by atoms with van der Waals surface area (Å²) in [4.78, 5) is 11.9. The average Bonchev–Trinajstić information content (AvgIpc) is 2.38. The Balaban J connectivity index is 2.36. The number of nitrogens with one attached hydrogen (secondary N) is 1. The van der Waals surface area contributed by atoms with Gasteiger partial charge >= 0.3 is 0 Å². The maximum atomic E-state index is 13.7. The van der Waals surface area contributed by atoms with E-state index in [1.54, 1.807) is 22.6 Å². The fraction of sp³-hybridized carbons (Fsp3) is 0. The van der Waals surface area contributed by atoms with Crippen LogP contribution in [-0.4, -0.2) is 5.91 Å². The van der Waals surface area contributed by atoms with Gasteiger partial charge in [-0.1, -0.05) is 0 Å². The van der Waals surface area contributed by atoms with Crippen molar-refractivity contribution in [3.05, 3.63) is 56.9 Å². The summed E-state index contributed by atoms with van der Waals surface area (Å²) in [6.45, 7) is 0. The van der Waals surface area contributed by atoms with E-state index in [0.717, 1.165) is 18.2 Å². The number of benzene rings is 2. The standard InChI is InChI=1S/C13H8F3IN2O/c14-6-1-4-10(8(17)5-6)19-13(20)11-7(15)2-3-9(18)12(11)16/h1-5H,18H2,(H,19,20). The van der Waals surface area contributed by atoms with E-state index < -0.39 is 28.9 Å². The first-order valence-electron chi connectivity index (χ1n) is 5.40. The van der Waals surface area contributed by atoms with Crippen molar-refractivity contribution in [1.29, 1.82) is 0 Å². The minimum atomic E-state index is -1.13. The first-order valence-corrected chi connectivity index (χ1v) is 6.48. The smallest absolute Gasteiger partial charge is 0.261 e. The minimum Gasteiger partial charge on any atom is -0.396 e. The van der Waals surface area contributed by atoms with E-state index in [1.165, 1.54) is 12.1 Å². The van der Waals surface area contributed by atoms with Crippen molar-refractivity contribution in [2.24, 2.45) is 0 Å². The number of nitrogens with two attached hydrogens (primary N) is 1. The van der Waals surface area contributed by atoms with Crippen LogP contribution < -0.4 is 11.1 Å². The maximum Gasteiger partial charge on any atom is 0.261 e. The van der Waals surface area contributed by atoms with Crippen LogP contribution in [0.2, 0.25) is 0 Å². The van der Waals surface area contributed by atoms with Crippen LogP contribution in [0.1, 0.15) is 10.4 Å². The highest BCUT2D eigenvalue weighted by Gasteiger charge is 2.20. The van der Waals surface area contributed by atoms with E-state index in [1.807, 2.05) is 0 Å². The van der Waals surface area contributed by atoms with Gasteiger partial charge in [0.1, 0.15) is 17.2 Å². The SMILES string of the molecule is Nc1ccc(F)c(C(=O)Nc2ccc(F)cc2I)c1F. The molecule has 3 nitrogen and oxygen atoms in total. The van der Waals surface area contributed by atoms with E-state index in [-0.39, 0.29) is 11.4 Å². The van der Waals surface area contributed by atoms with Gasteiger partial charge in [0.25, 0.3) is 5.91 Å². The van der Waals surface area contributed by atoms with Crippen LogP contribution in [0.15, 0.2) is 30.3 Å². The molecule has 2 aromatic carbocycles. The summed E-state index contributed by atoms with van der Waals surface area (Å²) in [5.41, 5.74) is 4.44. The molecule has 7 heteroatoms. The van der Waals surface area contributed by atoms with Crippen molar-refractivity contribution < 1.29 is 18.0 Å². The maximum absolute atomic E-state index is 13.7. The highest BCUT2D eigenvalue weighted by molar-refractivity contribution is 14.1. The largest absolute Gasteiger partial charge is 0.396 e. The lowest BCUT2D eigenvalue weighted by Crippen LogP contribution is -2.17. The predicted molar refractivity (Wildman–Crippen MR) is 77.8 cm³/mol. The summed E-state index contributed by atoms with van der Waals surface area (Å²) < 4.78 is 40.6. The molecule has 0 bridgehead atoms. The Morgan fingerprint density at radius 2 is 1.85 bits per heavy atom. The zero-order valence-electron chi connectivity index (χ0n) is 9.88. The molecule has 0 spiro atoms. The van der Waals surface area contributed by atoms with E-state index >= 15 is 0 Å². The molecule has 0 aromatic heterocycles. The van der Waals surface area contributed by atoms with Crippen LogP contribution >= 0.6 is 22.6 Å². The van der Waals surface area contributed by atoms with Crippen LogP contribution in [0, 0.1) is 21.0 Å². The molecule has 2 aromatic rings. The molecule has 3 N–H and O–H groups in total. The molecule has 0 fully saturated rings. The number of rotatable bonds is 2. The second kappa shape index (κ2) is 5.70. The van der Waals surface area contributed by atoms with E-state index in [0.29, 0.717) is 3.57 Å². The van der Waals surface area contributed by atoms with E-state index in [9.17, 15) is 18.0 Å². The van der Waals surface area contributed by atoms with Gasteiger partial charge in [-0.15, -0.1) is 0 Å². The summed E-state index contributed by atoms with van der Waals surface area (Å²) in [5, 5.41) is 2.31. The first-order chi connectivity index (χ1) is 9.40. The van der Waals surface area contributed by atoms with E-state index in [2.05, 4.69) is 5.32 Å². The Morgan fingerprint density at radius 3 is 2.50 bits per heavy atom. The lowest BCUT2D eigenvalue weighted by molar-refractivity contribution is 0.101. The molecule has 0 radical (unpaired) electrons. The lowest BCUT2D eigenvalue weighted by atomic mass is 10.1. The van der Waals surface area contributed by atoms with Crippen molar-refractivity contribution >= 4 is 39.9 Å². The number of nitrogen functional groups attached to an aromatic ring is 1. The molecule has 0 saturated heterocycles. The number of hydrogen-bond acceptors (Lipinski definition) is 2. The third-order valence-electron chi connectivity index (χ3n) is 2.53. The Morgan fingerprint density at radius 1 is 1.15 bits per heavy atom. The first kappa shape index (κ1) is 14.6. The molecular formula is C13H8F3IN2O. The van der Waals surface area contributed by atoms with Crippen LogP contribution in [-0.2, 0) is 0 Å². The van der Waals surface area contributed by atoms with Gasteiger partial charge in [0, 0.05) is 3.57 Å². The molecule has 1 amide bonds. The molecule has 0 aliphatic carbocycles. The third-order valence-corrected chi connectivity index (χ3v) is 3.42. The molecule has 2 rings (SSSR count). The van der Waals surface area contributed by atoms with Crippen molar-refractivity contribution in [1.82, 2.24) is 0 Å². The monoisotopic (exact) mass is 392 g/mol. The average molecular weight is 392 g/mol. The van der Waals surface area contributed by atoms with Gasteiger partial charge in [0.05, 0.1) is 11.4 Å². The van der Waals surface area contributed by atoms with Crippen LogP contribution in [0.5, 0.6) is 0 Å². The molecular weight excluding hydrogens is 384 g/mol. The molecule has 0 unspecified atom stereocenters. The molecule has 0 atom stereocenters. The fourth-order valence-corrected chi connectivity index (χ4v) is 2.16. The second-order valence-electron chi connectivity index (χ2n) is 3.90. The number of carbonyl (C=O) groups excluding carboxylic acids is 1. The van der Waals surface area contributed by atoms with Gasteiger partial charge in [0.15, 0.2) is 5.82 Å². The number of amides is 1. The second-order valence-corrected chi connectivity index (χ2v) is 5.07. The number of anilines is 2. The highest BCUT2D eigenvalue weighted by atomic mass is 127. The Hall–Kier alpha value is -1.77. The highest BCUT2D eigenvalue weighted by Crippen LogP contribution is 2.23. The molecule has 0 aliphatic heterocycles. The zero-order valence-corrected chi connectivity index (χ0v) is 12.0. The Labute approximate surface area is 126 Å². The minimum absolute atomic E-state index is 0.248.